The van der Waals surface area contributed by atoms with E-state index in [0.29, 0.717) is 0 Å². The molecule has 2 aliphatic rings. The molecule has 2 fully saturated rings. The minimum atomic E-state index is -0.585. The Bertz CT molecular complexity index is 895. The van der Waals surface area contributed by atoms with Crippen LogP contribution in [0.4, 0.5) is 0 Å². The van der Waals surface area contributed by atoms with Gasteiger partial charge in [0.15, 0.2) is 0 Å². The third-order valence-electron chi connectivity index (χ3n) is 6.10. The number of rotatable bonds is 6. The second-order valence-corrected chi connectivity index (χ2v) is 8.51. The fraction of sp³-hybridized carbons (Fsp3) is 0.714. The molecular formula is C21H31N3O5S. The highest BCUT2D eigenvalue weighted by Gasteiger charge is 2.30. The van der Waals surface area contributed by atoms with Gasteiger partial charge in [-0.1, -0.05) is 50.7 Å². The molecule has 3 rings (SSSR count). The van der Waals surface area contributed by atoms with Crippen molar-refractivity contribution in [2.45, 2.75) is 83.2 Å². The van der Waals surface area contributed by atoms with E-state index in [-0.39, 0.29) is 35.8 Å². The Labute approximate surface area is 181 Å². The van der Waals surface area contributed by atoms with Gasteiger partial charge in [-0.15, -0.1) is 0 Å². The van der Waals surface area contributed by atoms with Crippen LogP contribution >= 0.6 is 12.2 Å². The maximum Gasteiger partial charge on any atom is 0.334 e. The highest BCUT2D eigenvalue weighted by atomic mass is 32.1. The van der Waals surface area contributed by atoms with Gasteiger partial charge in [0, 0.05) is 12.1 Å². The average molecular weight is 438 g/mol. The van der Waals surface area contributed by atoms with E-state index in [2.05, 4.69) is 5.32 Å². The molecule has 166 valence electrons. The molecule has 0 aromatic carbocycles. The second kappa shape index (κ2) is 10.2. The molecule has 0 spiro atoms. The Morgan fingerprint density at radius 1 is 1.03 bits per heavy atom. The number of carbonyl (C=O) groups is 1. The maximum absolute atomic E-state index is 13.4. The van der Waals surface area contributed by atoms with Crippen molar-refractivity contribution >= 4 is 23.2 Å². The average Bonchev–Trinajstić information content (AvgIpc) is 2.74. The summed E-state index contributed by atoms with van der Waals surface area (Å²) in [6, 6.07) is -0.353. The van der Waals surface area contributed by atoms with Crippen LogP contribution in [0, 0.1) is 0 Å². The van der Waals surface area contributed by atoms with Crippen molar-refractivity contribution in [1.82, 2.24) is 14.5 Å². The normalized spacial score (nSPS) is 18.2. The molecule has 2 saturated carbocycles. The van der Waals surface area contributed by atoms with Gasteiger partial charge in [0.25, 0.3) is 5.56 Å². The zero-order valence-corrected chi connectivity index (χ0v) is 18.3. The van der Waals surface area contributed by atoms with Gasteiger partial charge in [-0.2, -0.15) is 0 Å². The molecule has 1 heterocycles. The van der Waals surface area contributed by atoms with Crippen LogP contribution in [0.15, 0.2) is 9.59 Å². The lowest BCUT2D eigenvalue weighted by molar-refractivity contribution is -0.141. The SMILES string of the molecule is CCOC(=O)CNC(=S)c1c(O)n(C2CCCCC2)c(=O)n(C2CCCCC2)c1=O. The molecule has 0 aliphatic heterocycles. The molecule has 0 radical (unpaired) electrons. The number of nitrogens with zero attached hydrogens (tertiary/aromatic N) is 2. The lowest BCUT2D eigenvalue weighted by Gasteiger charge is -2.29. The highest BCUT2D eigenvalue weighted by Crippen LogP contribution is 2.32. The molecule has 0 bridgehead atoms. The molecule has 8 nitrogen and oxygen atoms in total. The van der Waals surface area contributed by atoms with Crippen LogP contribution in [0.25, 0.3) is 0 Å². The fourth-order valence-corrected chi connectivity index (χ4v) is 4.86. The number of aromatic hydroxyl groups is 1. The summed E-state index contributed by atoms with van der Waals surface area (Å²) >= 11 is 5.36. The van der Waals surface area contributed by atoms with E-state index in [1.807, 2.05) is 0 Å². The first-order valence-corrected chi connectivity index (χ1v) is 11.4. The predicted molar refractivity (Wildman–Crippen MR) is 117 cm³/mol. The van der Waals surface area contributed by atoms with Crippen LogP contribution in [0.5, 0.6) is 5.88 Å². The Balaban J connectivity index is 2.05. The molecule has 0 amide bonds. The van der Waals surface area contributed by atoms with E-state index in [4.69, 9.17) is 17.0 Å². The van der Waals surface area contributed by atoms with E-state index in [0.717, 1.165) is 64.2 Å². The number of carbonyl (C=O) groups excluding carboxylic acids is 1. The molecule has 0 atom stereocenters. The van der Waals surface area contributed by atoms with E-state index < -0.39 is 23.1 Å². The summed E-state index contributed by atoms with van der Waals surface area (Å²) in [6.07, 6.45) is 9.12. The Kier molecular flexibility index (Phi) is 7.69. The van der Waals surface area contributed by atoms with Gasteiger partial charge in [-0.3, -0.25) is 18.7 Å². The first-order chi connectivity index (χ1) is 14.5. The van der Waals surface area contributed by atoms with Crippen LogP contribution in [0.1, 0.15) is 88.8 Å². The Morgan fingerprint density at radius 2 is 1.57 bits per heavy atom. The largest absolute Gasteiger partial charge is 0.494 e. The number of nitrogens with one attached hydrogen (secondary N) is 1. The molecule has 30 heavy (non-hydrogen) atoms. The first kappa shape index (κ1) is 22.5. The van der Waals surface area contributed by atoms with E-state index in [9.17, 15) is 19.5 Å². The van der Waals surface area contributed by atoms with Gasteiger partial charge in [0.2, 0.25) is 5.88 Å². The maximum atomic E-state index is 13.4. The standard InChI is InChI=1S/C21H31N3O5S/c1-2-29-16(25)13-22-18(30)17-19(26)23(14-9-5-3-6-10-14)21(28)24(20(17)27)15-11-7-4-8-12-15/h14-15,26H,2-13H2,1H3,(H,22,30). The Hall–Kier alpha value is -2.16. The monoisotopic (exact) mass is 437 g/mol. The zero-order chi connectivity index (χ0) is 21.7. The van der Waals surface area contributed by atoms with E-state index in [1.165, 1.54) is 9.13 Å². The van der Waals surface area contributed by atoms with Crippen molar-refractivity contribution < 1.29 is 14.6 Å². The molecule has 2 aliphatic carbocycles. The predicted octanol–water partition coefficient (Wildman–Crippen LogP) is 2.55. The summed E-state index contributed by atoms with van der Waals surface area (Å²) in [6.45, 7) is 1.72. The van der Waals surface area contributed by atoms with Crippen LogP contribution in [-0.2, 0) is 9.53 Å². The quantitative estimate of drug-likeness (QED) is 0.521. The lowest BCUT2D eigenvalue weighted by Crippen LogP contribution is -2.47. The molecular weight excluding hydrogens is 406 g/mol. The molecule has 0 unspecified atom stereocenters. The molecule has 0 saturated heterocycles. The molecule has 2 N–H and O–H groups in total. The van der Waals surface area contributed by atoms with Gasteiger partial charge in [0.1, 0.15) is 17.1 Å². The van der Waals surface area contributed by atoms with Crippen molar-refractivity contribution in [3.05, 3.63) is 26.4 Å². The number of ether oxygens (including phenoxy) is 1. The number of thiocarbonyl (C=S) groups is 1. The Morgan fingerprint density at radius 3 is 2.10 bits per heavy atom. The minimum absolute atomic E-state index is 0.0420. The summed E-state index contributed by atoms with van der Waals surface area (Å²) in [4.78, 5) is 38.3. The fourth-order valence-electron chi connectivity index (χ4n) is 4.61. The van der Waals surface area contributed by atoms with Crippen LogP contribution in [0.2, 0.25) is 0 Å². The first-order valence-electron chi connectivity index (χ1n) is 11.0. The van der Waals surface area contributed by atoms with Crippen LogP contribution < -0.4 is 16.6 Å². The topological polar surface area (TPSA) is 103 Å². The van der Waals surface area contributed by atoms with E-state index >= 15 is 0 Å². The summed E-state index contributed by atoms with van der Waals surface area (Å²) in [7, 11) is 0. The van der Waals surface area contributed by atoms with Gasteiger partial charge in [0.05, 0.1) is 6.61 Å². The second-order valence-electron chi connectivity index (χ2n) is 8.10. The van der Waals surface area contributed by atoms with Gasteiger partial charge < -0.3 is 15.2 Å². The van der Waals surface area contributed by atoms with Gasteiger partial charge in [-0.25, -0.2) is 4.79 Å². The zero-order valence-electron chi connectivity index (χ0n) is 17.5. The summed E-state index contributed by atoms with van der Waals surface area (Å²) in [5.74, 6) is -0.905. The van der Waals surface area contributed by atoms with Crippen molar-refractivity contribution in [3.63, 3.8) is 0 Å². The van der Waals surface area contributed by atoms with Crippen LogP contribution in [0.3, 0.4) is 0 Å². The number of aromatic nitrogens is 2. The van der Waals surface area contributed by atoms with Crippen molar-refractivity contribution in [3.8, 4) is 5.88 Å². The van der Waals surface area contributed by atoms with Crippen LogP contribution in [-0.4, -0.2) is 38.4 Å². The third-order valence-corrected chi connectivity index (χ3v) is 6.45. The van der Waals surface area contributed by atoms with E-state index in [1.54, 1.807) is 6.92 Å². The number of esters is 1. The third kappa shape index (κ3) is 4.77. The van der Waals surface area contributed by atoms with Crippen molar-refractivity contribution in [1.29, 1.82) is 0 Å². The summed E-state index contributed by atoms with van der Waals surface area (Å²) in [5, 5.41) is 13.7. The molecule has 9 heteroatoms. The van der Waals surface area contributed by atoms with Gasteiger partial charge in [-0.05, 0) is 32.6 Å². The lowest BCUT2D eigenvalue weighted by atomic mass is 9.94. The van der Waals surface area contributed by atoms with Crippen molar-refractivity contribution in [2.24, 2.45) is 0 Å². The van der Waals surface area contributed by atoms with Gasteiger partial charge >= 0.3 is 11.7 Å². The highest BCUT2D eigenvalue weighted by molar-refractivity contribution is 7.80. The molecule has 1 aromatic rings. The summed E-state index contributed by atoms with van der Waals surface area (Å²) in [5.41, 5.74) is -1.14. The van der Waals surface area contributed by atoms with Crippen molar-refractivity contribution in [2.75, 3.05) is 13.2 Å². The number of hydrogen-bond donors (Lipinski definition) is 2. The molecule has 1 aromatic heterocycles. The summed E-state index contributed by atoms with van der Waals surface area (Å²) < 4.78 is 7.54. The smallest absolute Gasteiger partial charge is 0.334 e. The minimum Gasteiger partial charge on any atom is -0.494 e. The number of hydrogen-bond acceptors (Lipinski definition) is 6.